The number of rotatable bonds is 2. The van der Waals surface area contributed by atoms with Gasteiger partial charge in [0.2, 0.25) is 0 Å². The van der Waals surface area contributed by atoms with Crippen LogP contribution in [0.2, 0.25) is 0 Å². The number of hydrogen-bond acceptors (Lipinski definition) is 3. The Morgan fingerprint density at radius 2 is 1.78 bits per heavy atom. The lowest BCUT2D eigenvalue weighted by atomic mass is 10.0. The predicted molar refractivity (Wildman–Crippen MR) is 87.4 cm³/mol. The maximum absolute atomic E-state index is 12.1. The molecule has 2 aromatic carbocycles. The third kappa shape index (κ3) is 2.77. The highest BCUT2D eigenvalue weighted by Crippen LogP contribution is 2.41. The summed E-state index contributed by atoms with van der Waals surface area (Å²) in [5.41, 5.74) is 8.69. The van der Waals surface area contributed by atoms with Gasteiger partial charge in [0.15, 0.2) is 0 Å². The predicted octanol–water partition coefficient (Wildman–Crippen LogP) is 3.45. The van der Waals surface area contributed by atoms with E-state index >= 15 is 0 Å². The van der Waals surface area contributed by atoms with Gasteiger partial charge in [0.1, 0.15) is 6.10 Å². The summed E-state index contributed by atoms with van der Waals surface area (Å²) in [6.07, 6.45) is 0.367. The van der Waals surface area contributed by atoms with Gasteiger partial charge in [0.25, 0.3) is 0 Å². The van der Waals surface area contributed by atoms with Crippen LogP contribution < -0.4 is 10.6 Å². The number of hydrogen-bond donors (Lipinski definition) is 1. The number of nitrogens with zero attached hydrogens (tertiary/aromatic N) is 1. The minimum absolute atomic E-state index is 0.269. The fourth-order valence-electron chi connectivity index (χ4n) is 2.89. The first kappa shape index (κ1) is 15.1. The zero-order valence-corrected chi connectivity index (χ0v) is 12.9. The molecule has 0 aromatic heterocycles. The minimum atomic E-state index is -0.563. The fraction of sp³-hybridized carbons (Fsp3) is 0.222. The van der Waals surface area contributed by atoms with E-state index in [-0.39, 0.29) is 5.97 Å². The molecule has 1 heterocycles. The third-order valence-corrected chi connectivity index (χ3v) is 3.95. The first-order valence-corrected chi connectivity index (χ1v) is 7.57. The molecular weight excluding hydrogens is 292 g/mol. The molecule has 0 fully saturated rings. The van der Waals surface area contributed by atoms with Crippen molar-refractivity contribution < 1.29 is 14.3 Å². The maximum atomic E-state index is 12.1. The summed E-state index contributed by atoms with van der Waals surface area (Å²) in [4.78, 5) is 25.3. The van der Waals surface area contributed by atoms with E-state index in [1.54, 1.807) is 6.92 Å². The molecule has 0 bridgehead atoms. The van der Waals surface area contributed by atoms with Crippen LogP contribution in [-0.4, -0.2) is 12.0 Å². The quantitative estimate of drug-likeness (QED) is 0.863. The van der Waals surface area contributed by atoms with Crippen LogP contribution in [0.15, 0.2) is 48.5 Å². The van der Waals surface area contributed by atoms with Crippen molar-refractivity contribution in [1.82, 2.24) is 0 Å². The Bertz CT molecular complexity index is 757. The average Bonchev–Trinajstić information content (AvgIpc) is 2.69. The molecule has 1 atom stereocenters. The molecule has 1 aliphatic heterocycles. The summed E-state index contributed by atoms with van der Waals surface area (Å²) in [5, 5.41) is 0. The topological polar surface area (TPSA) is 72.6 Å². The molecule has 118 valence electrons. The molecule has 5 nitrogen and oxygen atoms in total. The van der Waals surface area contributed by atoms with Gasteiger partial charge in [-0.2, -0.15) is 0 Å². The van der Waals surface area contributed by atoms with Crippen molar-refractivity contribution in [3.05, 3.63) is 59.7 Å². The number of primary amides is 1. The smallest absolute Gasteiger partial charge is 0.323 e. The van der Waals surface area contributed by atoms with E-state index in [4.69, 9.17) is 10.5 Å². The Morgan fingerprint density at radius 3 is 2.48 bits per heavy atom. The summed E-state index contributed by atoms with van der Waals surface area (Å²) in [6, 6.07) is 14.3. The Balaban J connectivity index is 2.18. The van der Waals surface area contributed by atoms with Crippen LogP contribution in [0.5, 0.6) is 0 Å². The van der Waals surface area contributed by atoms with E-state index in [2.05, 4.69) is 0 Å². The van der Waals surface area contributed by atoms with Gasteiger partial charge in [-0.15, -0.1) is 0 Å². The number of fused-ring (bicyclic) bond motifs is 2. The van der Waals surface area contributed by atoms with Crippen LogP contribution in [0.3, 0.4) is 0 Å². The summed E-state index contributed by atoms with van der Waals surface area (Å²) in [6.45, 7) is 1.76. The van der Waals surface area contributed by atoms with Crippen LogP contribution in [0, 0.1) is 0 Å². The highest BCUT2D eigenvalue weighted by atomic mass is 16.5. The van der Waals surface area contributed by atoms with Crippen LogP contribution in [0.25, 0.3) is 0 Å². The van der Waals surface area contributed by atoms with Gasteiger partial charge < -0.3 is 10.5 Å². The van der Waals surface area contributed by atoms with E-state index in [0.29, 0.717) is 18.5 Å². The van der Waals surface area contributed by atoms with Crippen molar-refractivity contribution in [1.29, 1.82) is 0 Å². The Labute approximate surface area is 134 Å². The monoisotopic (exact) mass is 310 g/mol. The highest BCUT2D eigenvalue weighted by Gasteiger charge is 2.30. The largest absolute Gasteiger partial charge is 0.457 e. The molecule has 2 aromatic rings. The number of amides is 2. The van der Waals surface area contributed by atoms with Crippen molar-refractivity contribution >= 4 is 23.4 Å². The van der Waals surface area contributed by atoms with E-state index in [9.17, 15) is 9.59 Å². The van der Waals surface area contributed by atoms with Crippen LogP contribution >= 0.6 is 0 Å². The van der Waals surface area contributed by atoms with Gasteiger partial charge in [-0.3, -0.25) is 9.69 Å². The first-order chi connectivity index (χ1) is 11.1. The summed E-state index contributed by atoms with van der Waals surface area (Å²) >= 11 is 0. The molecule has 1 unspecified atom stereocenters. The molecule has 1 aliphatic rings. The van der Waals surface area contributed by atoms with Gasteiger partial charge in [0.05, 0.1) is 11.4 Å². The molecule has 2 amide bonds. The van der Waals surface area contributed by atoms with Crippen LogP contribution in [0.1, 0.15) is 30.6 Å². The fourth-order valence-corrected chi connectivity index (χ4v) is 2.89. The van der Waals surface area contributed by atoms with Crippen LogP contribution in [-0.2, 0) is 16.0 Å². The number of urea groups is 1. The van der Waals surface area contributed by atoms with Crippen molar-refractivity contribution in [2.45, 2.75) is 25.9 Å². The lowest BCUT2D eigenvalue weighted by Gasteiger charge is -2.23. The average molecular weight is 310 g/mol. The SMILES string of the molecule is CCC(=O)OC1Cc2ccccc2N(C(N)=O)c2ccccc21. The van der Waals surface area contributed by atoms with Gasteiger partial charge >= 0.3 is 12.0 Å². The lowest BCUT2D eigenvalue weighted by Crippen LogP contribution is -2.32. The maximum Gasteiger partial charge on any atom is 0.323 e. The van der Waals surface area contributed by atoms with Crippen molar-refractivity contribution in [3.8, 4) is 0 Å². The molecule has 0 saturated carbocycles. The van der Waals surface area contributed by atoms with E-state index in [0.717, 1.165) is 16.8 Å². The molecule has 5 heteroatoms. The number of anilines is 2. The second kappa shape index (κ2) is 6.12. The Kier molecular flexibility index (Phi) is 4.02. The minimum Gasteiger partial charge on any atom is -0.457 e. The zero-order chi connectivity index (χ0) is 16.4. The summed E-state index contributed by atoms with van der Waals surface area (Å²) in [7, 11) is 0. The Morgan fingerprint density at radius 1 is 1.13 bits per heavy atom. The van der Waals surface area contributed by atoms with Crippen molar-refractivity contribution in [2.75, 3.05) is 4.90 Å². The van der Waals surface area contributed by atoms with Crippen molar-refractivity contribution in [2.24, 2.45) is 5.73 Å². The standard InChI is InChI=1S/C18H18N2O3/c1-2-17(21)23-16-11-12-7-3-5-9-14(12)20(18(19)22)15-10-6-4-8-13(15)16/h3-10,16H,2,11H2,1H3,(H2,19,22). The third-order valence-electron chi connectivity index (χ3n) is 3.95. The second-order valence-electron chi connectivity index (χ2n) is 5.40. The van der Waals surface area contributed by atoms with Gasteiger partial charge in [-0.05, 0) is 17.7 Å². The lowest BCUT2D eigenvalue weighted by molar-refractivity contribution is -0.149. The molecule has 2 N–H and O–H groups in total. The van der Waals surface area contributed by atoms with Gasteiger partial charge in [-0.1, -0.05) is 43.3 Å². The molecule has 0 saturated heterocycles. The number of carbonyl (C=O) groups excluding carboxylic acids is 2. The molecule has 3 rings (SSSR count). The highest BCUT2D eigenvalue weighted by molar-refractivity contribution is 6.00. The number of benzene rings is 2. The molecular formula is C18H18N2O3. The number of carbonyl (C=O) groups is 2. The van der Waals surface area contributed by atoms with Crippen molar-refractivity contribution in [3.63, 3.8) is 0 Å². The van der Waals surface area contributed by atoms with Crippen LogP contribution in [0.4, 0.5) is 16.2 Å². The summed E-state index contributed by atoms with van der Waals surface area (Å²) < 4.78 is 5.61. The van der Waals surface area contributed by atoms with E-state index < -0.39 is 12.1 Å². The second-order valence-corrected chi connectivity index (χ2v) is 5.40. The number of para-hydroxylation sites is 2. The molecule has 0 aliphatic carbocycles. The Hall–Kier alpha value is -2.82. The molecule has 23 heavy (non-hydrogen) atoms. The van der Waals surface area contributed by atoms with Gasteiger partial charge in [0, 0.05) is 18.4 Å². The number of nitrogens with two attached hydrogens (primary N) is 1. The first-order valence-electron chi connectivity index (χ1n) is 7.57. The molecule has 0 spiro atoms. The van der Waals surface area contributed by atoms with Gasteiger partial charge in [-0.25, -0.2) is 4.79 Å². The summed E-state index contributed by atoms with van der Waals surface area (Å²) in [5.74, 6) is -0.269. The normalized spacial score (nSPS) is 16.0. The number of ether oxygens (including phenoxy) is 1. The number of esters is 1. The van der Waals surface area contributed by atoms with E-state index in [1.807, 2.05) is 48.5 Å². The zero-order valence-electron chi connectivity index (χ0n) is 12.9. The molecule has 0 radical (unpaired) electrons. The van der Waals surface area contributed by atoms with E-state index in [1.165, 1.54) is 4.90 Å².